The number of nitrogens with zero attached hydrogens (tertiary/aromatic N) is 1. The average molecular weight is 340 g/mol. The summed E-state index contributed by atoms with van der Waals surface area (Å²) in [5.41, 5.74) is 0.664. The van der Waals surface area contributed by atoms with Crippen molar-refractivity contribution in [1.82, 2.24) is 9.62 Å². The fourth-order valence-electron chi connectivity index (χ4n) is 2.20. The molecule has 7 heteroatoms. The molecule has 124 valence electrons. The van der Waals surface area contributed by atoms with Crippen LogP contribution < -0.4 is 4.72 Å². The second-order valence-corrected chi connectivity index (χ2v) is 7.11. The van der Waals surface area contributed by atoms with Crippen molar-refractivity contribution in [2.24, 2.45) is 0 Å². The number of likely N-dealkylation sites (N-methyl/N-ethyl adjacent to an activating group) is 1. The molecule has 2 aromatic rings. The predicted octanol–water partition coefficient (Wildman–Crippen LogP) is 2.55. The SMILES string of the molecule is CN(C)[C@H](CNS(=O)(=O)c1ccc(F)cc1)c1cccc(F)c1. The molecule has 0 bridgehead atoms. The first-order valence-electron chi connectivity index (χ1n) is 6.97. The molecule has 2 rings (SSSR count). The first-order valence-corrected chi connectivity index (χ1v) is 8.45. The molecule has 0 spiro atoms. The number of hydrogen-bond acceptors (Lipinski definition) is 3. The van der Waals surface area contributed by atoms with Crippen LogP contribution >= 0.6 is 0 Å². The lowest BCUT2D eigenvalue weighted by Crippen LogP contribution is -2.34. The molecule has 0 saturated carbocycles. The number of benzene rings is 2. The van der Waals surface area contributed by atoms with E-state index in [1.807, 2.05) is 0 Å². The normalized spacial score (nSPS) is 13.3. The maximum Gasteiger partial charge on any atom is 0.240 e. The predicted molar refractivity (Wildman–Crippen MR) is 84.4 cm³/mol. The van der Waals surface area contributed by atoms with Crippen molar-refractivity contribution in [2.75, 3.05) is 20.6 Å². The van der Waals surface area contributed by atoms with Crippen LogP contribution in [0.5, 0.6) is 0 Å². The molecule has 0 aliphatic heterocycles. The highest BCUT2D eigenvalue weighted by Crippen LogP contribution is 2.19. The maximum atomic E-state index is 13.4. The lowest BCUT2D eigenvalue weighted by Gasteiger charge is -2.25. The van der Waals surface area contributed by atoms with E-state index in [9.17, 15) is 17.2 Å². The summed E-state index contributed by atoms with van der Waals surface area (Å²) in [7, 11) is -0.202. The molecule has 0 aliphatic rings. The van der Waals surface area contributed by atoms with E-state index in [4.69, 9.17) is 0 Å². The van der Waals surface area contributed by atoms with Crippen molar-refractivity contribution >= 4 is 10.0 Å². The molecule has 0 saturated heterocycles. The van der Waals surface area contributed by atoms with Gasteiger partial charge in [0.25, 0.3) is 0 Å². The number of sulfonamides is 1. The Morgan fingerprint density at radius 3 is 2.26 bits per heavy atom. The third-order valence-corrected chi connectivity index (χ3v) is 4.89. The highest BCUT2D eigenvalue weighted by Gasteiger charge is 2.20. The summed E-state index contributed by atoms with van der Waals surface area (Å²) >= 11 is 0. The lowest BCUT2D eigenvalue weighted by atomic mass is 10.1. The third kappa shape index (κ3) is 4.57. The molecule has 4 nitrogen and oxygen atoms in total. The second-order valence-electron chi connectivity index (χ2n) is 5.34. The molecular weight excluding hydrogens is 322 g/mol. The van der Waals surface area contributed by atoms with E-state index in [-0.39, 0.29) is 23.3 Å². The Morgan fingerprint density at radius 2 is 1.70 bits per heavy atom. The molecule has 23 heavy (non-hydrogen) atoms. The molecule has 0 aliphatic carbocycles. The maximum absolute atomic E-state index is 13.4. The van der Waals surface area contributed by atoms with Gasteiger partial charge in [-0.05, 0) is 56.1 Å². The second kappa shape index (κ2) is 7.16. The topological polar surface area (TPSA) is 49.4 Å². The van der Waals surface area contributed by atoms with E-state index in [1.165, 1.54) is 24.3 Å². The Kier molecular flexibility index (Phi) is 5.46. The zero-order chi connectivity index (χ0) is 17.0. The molecule has 0 fully saturated rings. The molecule has 0 radical (unpaired) electrons. The summed E-state index contributed by atoms with van der Waals surface area (Å²) in [4.78, 5) is 1.78. The van der Waals surface area contributed by atoms with Crippen LogP contribution in [0.15, 0.2) is 53.4 Å². The highest BCUT2D eigenvalue weighted by atomic mass is 32.2. The quantitative estimate of drug-likeness (QED) is 0.879. The lowest BCUT2D eigenvalue weighted by molar-refractivity contribution is 0.299. The van der Waals surface area contributed by atoms with Crippen LogP contribution in [0.25, 0.3) is 0 Å². The summed E-state index contributed by atoms with van der Waals surface area (Å²) in [6.07, 6.45) is 0. The van der Waals surface area contributed by atoms with Gasteiger partial charge in [-0.2, -0.15) is 0 Å². The van der Waals surface area contributed by atoms with Gasteiger partial charge >= 0.3 is 0 Å². The van der Waals surface area contributed by atoms with Crippen molar-refractivity contribution in [3.63, 3.8) is 0 Å². The number of nitrogens with one attached hydrogen (secondary N) is 1. The van der Waals surface area contributed by atoms with Gasteiger partial charge in [0.1, 0.15) is 11.6 Å². The number of halogens is 2. The smallest absolute Gasteiger partial charge is 0.240 e. The van der Waals surface area contributed by atoms with E-state index in [1.54, 1.807) is 31.1 Å². The van der Waals surface area contributed by atoms with Crippen LogP contribution in [0.2, 0.25) is 0 Å². The van der Waals surface area contributed by atoms with Gasteiger partial charge in [0.15, 0.2) is 0 Å². The Morgan fingerprint density at radius 1 is 1.04 bits per heavy atom. The summed E-state index contributed by atoms with van der Waals surface area (Å²) in [5.74, 6) is -0.884. The van der Waals surface area contributed by atoms with Gasteiger partial charge in [-0.25, -0.2) is 21.9 Å². The fourth-order valence-corrected chi connectivity index (χ4v) is 3.24. The van der Waals surface area contributed by atoms with E-state index in [2.05, 4.69) is 4.72 Å². The average Bonchev–Trinajstić information content (AvgIpc) is 2.47. The Labute approximate surface area is 134 Å². The van der Waals surface area contributed by atoms with Crippen LogP contribution in [0, 0.1) is 11.6 Å². The van der Waals surface area contributed by atoms with E-state index in [0.29, 0.717) is 5.56 Å². The number of hydrogen-bond donors (Lipinski definition) is 1. The van der Waals surface area contributed by atoms with Crippen LogP contribution in [0.3, 0.4) is 0 Å². The molecule has 1 atom stereocenters. The van der Waals surface area contributed by atoms with E-state index < -0.39 is 15.8 Å². The molecule has 2 aromatic carbocycles. The van der Waals surface area contributed by atoms with Crippen molar-refractivity contribution in [3.8, 4) is 0 Å². The highest BCUT2D eigenvalue weighted by molar-refractivity contribution is 7.89. The molecule has 1 N–H and O–H groups in total. The van der Waals surface area contributed by atoms with Gasteiger partial charge in [0.05, 0.1) is 4.90 Å². The van der Waals surface area contributed by atoms with Crippen LogP contribution in [0.1, 0.15) is 11.6 Å². The standard InChI is InChI=1S/C16H18F2N2O2S/c1-20(2)16(12-4-3-5-14(18)10-12)11-19-23(21,22)15-8-6-13(17)7-9-15/h3-10,16,19H,11H2,1-2H3/t16-/m1/s1. The zero-order valence-corrected chi connectivity index (χ0v) is 13.6. The molecule has 0 aromatic heterocycles. The number of rotatable bonds is 6. The fraction of sp³-hybridized carbons (Fsp3) is 0.250. The zero-order valence-electron chi connectivity index (χ0n) is 12.8. The Hall–Kier alpha value is -1.83. The minimum Gasteiger partial charge on any atom is -0.301 e. The summed E-state index contributed by atoms with van der Waals surface area (Å²) < 4.78 is 53.2. The van der Waals surface area contributed by atoms with E-state index >= 15 is 0 Å². The third-order valence-electron chi connectivity index (χ3n) is 3.45. The van der Waals surface area contributed by atoms with Crippen LogP contribution in [0.4, 0.5) is 8.78 Å². The van der Waals surface area contributed by atoms with Crippen LogP contribution in [-0.4, -0.2) is 34.0 Å². The van der Waals surface area contributed by atoms with Crippen molar-refractivity contribution in [2.45, 2.75) is 10.9 Å². The minimum absolute atomic E-state index is 0.0179. The summed E-state index contributed by atoms with van der Waals surface area (Å²) in [6.45, 7) is 0.0656. The molecule has 0 heterocycles. The van der Waals surface area contributed by atoms with Crippen molar-refractivity contribution in [1.29, 1.82) is 0 Å². The van der Waals surface area contributed by atoms with Gasteiger partial charge < -0.3 is 4.90 Å². The largest absolute Gasteiger partial charge is 0.301 e. The van der Waals surface area contributed by atoms with Gasteiger partial charge in [0.2, 0.25) is 10.0 Å². The minimum atomic E-state index is -3.76. The Balaban J connectivity index is 2.17. The molecule has 0 unspecified atom stereocenters. The van der Waals surface area contributed by atoms with E-state index in [0.717, 1.165) is 12.1 Å². The molecule has 0 amide bonds. The van der Waals surface area contributed by atoms with Crippen LogP contribution in [-0.2, 0) is 10.0 Å². The first-order chi connectivity index (χ1) is 10.8. The first kappa shape index (κ1) is 17.5. The van der Waals surface area contributed by atoms with Gasteiger partial charge in [-0.3, -0.25) is 0 Å². The summed E-state index contributed by atoms with van der Waals surface area (Å²) in [6, 6.07) is 10.3. The summed E-state index contributed by atoms with van der Waals surface area (Å²) in [5, 5.41) is 0. The van der Waals surface area contributed by atoms with Crippen molar-refractivity contribution < 1.29 is 17.2 Å². The molecular formula is C16H18F2N2O2S. The Bertz CT molecular complexity index is 762. The van der Waals surface area contributed by atoms with Crippen molar-refractivity contribution in [3.05, 3.63) is 65.7 Å². The monoisotopic (exact) mass is 340 g/mol. The van der Waals surface area contributed by atoms with Gasteiger partial charge in [-0.15, -0.1) is 0 Å². The van der Waals surface area contributed by atoms with Gasteiger partial charge in [0, 0.05) is 12.6 Å². The van der Waals surface area contributed by atoms with Gasteiger partial charge in [-0.1, -0.05) is 12.1 Å².